The molecular formula is C16H16ClN3O3S. The molecule has 1 aromatic carbocycles. The number of hydrogen-bond donors (Lipinski definition) is 1. The number of carbonyl (C=O) groups excluding carboxylic acids is 1. The number of aryl methyl sites for hydroxylation is 1. The van der Waals surface area contributed by atoms with Gasteiger partial charge in [0.25, 0.3) is 10.0 Å². The van der Waals surface area contributed by atoms with Crippen LogP contribution in [0.3, 0.4) is 0 Å². The summed E-state index contributed by atoms with van der Waals surface area (Å²) in [6.45, 7) is 3.66. The molecule has 0 saturated carbocycles. The molecule has 0 bridgehead atoms. The Morgan fingerprint density at radius 3 is 2.50 bits per heavy atom. The monoisotopic (exact) mass is 365 g/mol. The van der Waals surface area contributed by atoms with E-state index in [-0.39, 0.29) is 22.5 Å². The minimum Gasteiger partial charge on any atom is -0.294 e. The van der Waals surface area contributed by atoms with E-state index in [9.17, 15) is 13.2 Å². The molecule has 126 valence electrons. The minimum absolute atomic E-state index is 0.00774. The maximum Gasteiger partial charge on any atom is 0.264 e. The summed E-state index contributed by atoms with van der Waals surface area (Å²) < 4.78 is 27.2. The number of carbonyl (C=O) groups is 1. The highest BCUT2D eigenvalue weighted by molar-refractivity contribution is 7.92. The predicted octanol–water partition coefficient (Wildman–Crippen LogP) is 3.00. The number of halogens is 1. The van der Waals surface area contributed by atoms with Gasteiger partial charge in [0, 0.05) is 11.4 Å². The van der Waals surface area contributed by atoms with E-state index in [0.29, 0.717) is 34.8 Å². The van der Waals surface area contributed by atoms with Gasteiger partial charge in [-0.3, -0.25) is 4.79 Å². The van der Waals surface area contributed by atoms with E-state index in [1.165, 1.54) is 24.3 Å². The zero-order chi connectivity index (χ0) is 17.5. The van der Waals surface area contributed by atoms with Crippen LogP contribution in [0, 0.1) is 12.8 Å². The average Bonchev–Trinajstić information content (AvgIpc) is 2.45. The van der Waals surface area contributed by atoms with Crippen molar-refractivity contribution < 1.29 is 13.2 Å². The van der Waals surface area contributed by atoms with Crippen LogP contribution in [0.2, 0.25) is 5.02 Å². The molecular weight excluding hydrogens is 350 g/mol. The first-order valence-electron chi connectivity index (χ1n) is 7.45. The third kappa shape index (κ3) is 3.27. The third-order valence-corrected chi connectivity index (χ3v) is 5.46. The molecule has 24 heavy (non-hydrogen) atoms. The molecule has 8 heteroatoms. The van der Waals surface area contributed by atoms with E-state index < -0.39 is 10.0 Å². The number of Topliss-reactive ketones (excluding diaryl/α,β-unsaturated/α-hetero) is 1. The van der Waals surface area contributed by atoms with Crippen molar-refractivity contribution in [2.24, 2.45) is 5.92 Å². The minimum atomic E-state index is -3.82. The van der Waals surface area contributed by atoms with Crippen LogP contribution >= 0.6 is 11.6 Å². The molecule has 6 nitrogen and oxygen atoms in total. The number of nitrogens with one attached hydrogen (secondary N) is 1. The van der Waals surface area contributed by atoms with Crippen LogP contribution in [-0.4, -0.2) is 24.2 Å². The average molecular weight is 366 g/mol. The second-order valence-electron chi connectivity index (χ2n) is 5.95. The largest absolute Gasteiger partial charge is 0.294 e. The molecule has 1 atom stereocenters. The Morgan fingerprint density at radius 1 is 1.17 bits per heavy atom. The quantitative estimate of drug-likeness (QED) is 0.903. The van der Waals surface area contributed by atoms with Gasteiger partial charge in [0.1, 0.15) is 0 Å². The standard InChI is InChI=1S/C16H16ClN3O3S/c1-9-7-13-15(14(21)8-9)10(2)18-16(19-13)20-24(22,23)12-5-3-11(17)4-6-12/h3-6,9H,7-8H2,1-2H3,(H,18,19,20). The fourth-order valence-corrected chi connectivity index (χ4v) is 3.87. The zero-order valence-corrected chi connectivity index (χ0v) is 14.8. The van der Waals surface area contributed by atoms with E-state index in [1.807, 2.05) is 6.92 Å². The van der Waals surface area contributed by atoms with Crippen molar-refractivity contribution >= 4 is 33.4 Å². The van der Waals surface area contributed by atoms with E-state index in [0.717, 1.165) is 0 Å². The van der Waals surface area contributed by atoms with Gasteiger partial charge in [0.15, 0.2) is 5.78 Å². The molecule has 1 N–H and O–H groups in total. The van der Waals surface area contributed by atoms with Crippen molar-refractivity contribution in [1.82, 2.24) is 9.97 Å². The summed E-state index contributed by atoms with van der Waals surface area (Å²) in [5.74, 6) is 0.163. The molecule has 1 aliphatic carbocycles. The molecule has 0 amide bonds. The van der Waals surface area contributed by atoms with Crippen molar-refractivity contribution in [2.75, 3.05) is 4.72 Å². The molecule has 3 rings (SSSR count). The maximum absolute atomic E-state index is 12.4. The SMILES string of the molecule is Cc1nc(NS(=O)(=O)c2ccc(Cl)cc2)nc2c1C(=O)CC(C)C2. The van der Waals surface area contributed by atoms with Gasteiger partial charge in [0.05, 0.1) is 21.8 Å². The van der Waals surface area contributed by atoms with Gasteiger partial charge in [-0.1, -0.05) is 18.5 Å². The van der Waals surface area contributed by atoms with Crippen molar-refractivity contribution in [3.8, 4) is 0 Å². The number of nitrogens with zero attached hydrogens (tertiary/aromatic N) is 2. The third-order valence-electron chi connectivity index (χ3n) is 3.87. The number of aromatic nitrogens is 2. The second-order valence-corrected chi connectivity index (χ2v) is 8.07. The Balaban J connectivity index is 1.96. The summed E-state index contributed by atoms with van der Waals surface area (Å²) in [6.07, 6.45) is 1.09. The number of sulfonamides is 1. The van der Waals surface area contributed by atoms with E-state index in [4.69, 9.17) is 11.6 Å². The lowest BCUT2D eigenvalue weighted by Gasteiger charge is -2.21. The Hall–Kier alpha value is -1.99. The van der Waals surface area contributed by atoms with Gasteiger partial charge in [-0.05, 0) is 43.5 Å². The smallest absolute Gasteiger partial charge is 0.264 e. The first kappa shape index (κ1) is 16.9. The normalized spacial score (nSPS) is 17.5. The molecule has 1 unspecified atom stereocenters. The van der Waals surface area contributed by atoms with Crippen molar-refractivity contribution in [1.29, 1.82) is 0 Å². The molecule has 1 aliphatic rings. The summed E-state index contributed by atoms with van der Waals surface area (Å²) in [5, 5.41) is 0.447. The Labute approximate surface area is 145 Å². The lowest BCUT2D eigenvalue weighted by Crippen LogP contribution is -2.23. The van der Waals surface area contributed by atoms with Crippen LogP contribution in [0.5, 0.6) is 0 Å². The first-order valence-corrected chi connectivity index (χ1v) is 9.31. The maximum atomic E-state index is 12.4. The van der Waals surface area contributed by atoms with Gasteiger partial charge in [-0.2, -0.15) is 0 Å². The van der Waals surface area contributed by atoms with E-state index in [2.05, 4.69) is 14.7 Å². The lowest BCUT2D eigenvalue weighted by molar-refractivity contribution is 0.0951. The zero-order valence-electron chi connectivity index (χ0n) is 13.2. The summed E-state index contributed by atoms with van der Waals surface area (Å²) >= 11 is 5.78. The van der Waals surface area contributed by atoms with Crippen LogP contribution in [0.15, 0.2) is 29.2 Å². The molecule has 0 saturated heterocycles. The van der Waals surface area contributed by atoms with Crippen LogP contribution < -0.4 is 4.72 Å². The molecule has 2 aromatic rings. The molecule has 0 fully saturated rings. The summed E-state index contributed by atoms with van der Waals surface area (Å²) in [4.78, 5) is 20.6. The van der Waals surface area contributed by atoms with Crippen molar-refractivity contribution in [3.63, 3.8) is 0 Å². The highest BCUT2D eigenvalue weighted by Crippen LogP contribution is 2.27. The lowest BCUT2D eigenvalue weighted by atomic mass is 9.86. The van der Waals surface area contributed by atoms with Crippen LogP contribution in [0.25, 0.3) is 0 Å². The highest BCUT2D eigenvalue weighted by Gasteiger charge is 2.27. The van der Waals surface area contributed by atoms with Gasteiger partial charge >= 0.3 is 0 Å². The van der Waals surface area contributed by atoms with E-state index >= 15 is 0 Å². The number of fused-ring (bicyclic) bond motifs is 1. The van der Waals surface area contributed by atoms with E-state index in [1.54, 1.807) is 6.92 Å². The highest BCUT2D eigenvalue weighted by atomic mass is 35.5. The fourth-order valence-electron chi connectivity index (χ4n) is 2.80. The van der Waals surface area contributed by atoms with Crippen molar-refractivity contribution in [3.05, 3.63) is 46.2 Å². The number of benzene rings is 1. The number of rotatable bonds is 3. The Bertz CT molecular complexity index is 911. The molecule has 0 spiro atoms. The fraction of sp³-hybridized carbons (Fsp3) is 0.312. The topological polar surface area (TPSA) is 89.0 Å². The van der Waals surface area contributed by atoms with Crippen molar-refractivity contribution in [2.45, 2.75) is 31.6 Å². The predicted molar refractivity (Wildman–Crippen MR) is 90.8 cm³/mol. The van der Waals surface area contributed by atoms with Gasteiger partial charge in [0.2, 0.25) is 5.95 Å². The summed E-state index contributed by atoms with van der Waals surface area (Å²) in [5.41, 5.74) is 1.60. The van der Waals surface area contributed by atoms with Gasteiger partial charge in [-0.15, -0.1) is 0 Å². The summed E-state index contributed by atoms with van der Waals surface area (Å²) in [7, 11) is -3.82. The number of hydrogen-bond acceptors (Lipinski definition) is 5. The van der Waals surface area contributed by atoms with Gasteiger partial charge in [-0.25, -0.2) is 23.1 Å². The molecule has 0 aliphatic heterocycles. The first-order chi connectivity index (χ1) is 11.3. The molecule has 1 aromatic heterocycles. The summed E-state index contributed by atoms with van der Waals surface area (Å²) in [6, 6.07) is 5.80. The van der Waals surface area contributed by atoms with Gasteiger partial charge < -0.3 is 0 Å². The second kappa shape index (κ2) is 6.14. The Kier molecular flexibility index (Phi) is 4.31. The van der Waals surface area contributed by atoms with Crippen LogP contribution in [0.4, 0.5) is 5.95 Å². The van der Waals surface area contributed by atoms with Crippen LogP contribution in [0.1, 0.15) is 35.1 Å². The number of ketones is 1. The van der Waals surface area contributed by atoms with Crippen LogP contribution in [-0.2, 0) is 16.4 Å². The molecule has 0 radical (unpaired) electrons. The Morgan fingerprint density at radius 2 is 1.83 bits per heavy atom. The molecule has 1 heterocycles. The number of anilines is 1.